The van der Waals surface area contributed by atoms with Crippen LogP contribution in [-0.2, 0) is 12.4 Å². The molecule has 31 heavy (non-hydrogen) atoms. The second kappa shape index (κ2) is 9.40. The number of rotatable bonds is 8. The summed E-state index contributed by atoms with van der Waals surface area (Å²) in [6.07, 6.45) is 0.954. The van der Waals surface area contributed by atoms with E-state index in [2.05, 4.69) is 58.2 Å². The molecule has 9 heteroatoms. The molecule has 4 rings (SSSR count). The topological polar surface area (TPSA) is 82.9 Å². The van der Waals surface area contributed by atoms with Crippen LogP contribution in [0.1, 0.15) is 30.8 Å². The number of fused-ring (bicyclic) bond motifs is 1. The van der Waals surface area contributed by atoms with Crippen molar-refractivity contribution in [3.05, 3.63) is 76.3 Å². The molecule has 2 heterocycles. The Hall–Kier alpha value is -3.04. The Kier molecular flexibility index (Phi) is 6.43. The minimum atomic E-state index is -0.156. The first kappa shape index (κ1) is 21.2. The molecule has 2 aromatic heterocycles. The molecular formula is C22H26N7OS+. The molecule has 1 N–H and O–H groups in total. The summed E-state index contributed by atoms with van der Waals surface area (Å²) >= 11 is 1.44. The molecule has 0 spiro atoms. The number of nitrogens with zero attached hydrogens (tertiary/aromatic N) is 6. The summed E-state index contributed by atoms with van der Waals surface area (Å²) in [5.74, 6) is 1.26. The molecule has 0 unspecified atom stereocenters. The van der Waals surface area contributed by atoms with Crippen LogP contribution in [0.3, 0.4) is 0 Å². The predicted octanol–water partition coefficient (Wildman–Crippen LogP) is 1.78. The van der Waals surface area contributed by atoms with Crippen LogP contribution in [0.5, 0.6) is 0 Å². The van der Waals surface area contributed by atoms with E-state index in [1.807, 2.05) is 30.3 Å². The van der Waals surface area contributed by atoms with E-state index in [9.17, 15) is 4.79 Å². The Morgan fingerprint density at radius 1 is 1.00 bits per heavy atom. The van der Waals surface area contributed by atoms with Crippen LogP contribution in [0.25, 0.3) is 10.9 Å². The predicted molar refractivity (Wildman–Crippen MR) is 121 cm³/mol. The van der Waals surface area contributed by atoms with Crippen molar-refractivity contribution in [1.82, 2.24) is 29.8 Å². The van der Waals surface area contributed by atoms with Crippen molar-refractivity contribution in [2.24, 2.45) is 0 Å². The van der Waals surface area contributed by atoms with E-state index in [0.717, 1.165) is 17.4 Å². The highest BCUT2D eigenvalue weighted by molar-refractivity contribution is 7.98. The SMILES string of the molecule is CC[C@H](c1nnc(SCn2nnc3ccccc3c2=O)n1Cc1ccccc1)[NH+](C)C. The molecule has 0 fully saturated rings. The number of nitrogens with one attached hydrogen (secondary N) is 1. The zero-order valence-electron chi connectivity index (χ0n) is 17.9. The van der Waals surface area contributed by atoms with Gasteiger partial charge >= 0.3 is 0 Å². The molecule has 8 nitrogen and oxygen atoms in total. The van der Waals surface area contributed by atoms with Gasteiger partial charge in [-0.05, 0) is 17.7 Å². The molecule has 0 saturated carbocycles. The first-order valence-electron chi connectivity index (χ1n) is 10.3. The molecule has 0 radical (unpaired) electrons. The molecule has 2 aromatic carbocycles. The van der Waals surface area contributed by atoms with Gasteiger partial charge in [0.05, 0.1) is 31.9 Å². The molecule has 0 bridgehead atoms. The summed E-state index contributed by atoms with van der Waals surface area (Å²) in [6, 6.07) is 17.7. The maximum atomic E-state index is 12.8. The van der Waals surface area contributed by atoms with E-state index in [0.29, 0.717) is 23.3 Å². The van der Waals surface area contributed by atoms with Crippen LogP contribution < -0.4 is 10.5 Å². The largest absolute Gasteiger partial charge is 0.331 e. The highest BCUT2D eigenvalue weighted by atomic mass is 32.2. The summed E-state index contributed by atoms with van der Waals surface area (Å²) in [5, 5.41) is 18.6. The van der Waals surface area contributed by atoms with Gasteiger partial charge in [-0.15, -0.1) is 15.3 Å². The van der Waals surface area contributed by atoms with Crippen LogP contribution in [0.15, 0.2) is 64.5 Å². The summed E-state index contributed by atoms with van der Waals surface area (Å²) in [6.45, 7) is 2.84. The first-order valence-corrected chi connectivity index (χ1v) is 11.3. The van der Waals surface area contributed by atoms with Crippen LogP contribution >= 0.6 is 11.8 Å². The molecule has 1 atom stereocenters. The van der Waals surface area contributed by atoms with E-state index < -0.39 is 0 Å². The van der Waals surface area contributed by atoms with Crippen molar-refractivity contribution in [3.8, 4) is 0 Å². The summed E-state index contributed by atoms with van der Waals surface area (Å²) in [5.41, 5.74) is 1.62. The first-order chi connectivity index (χ1) is 15.1. The third-order valence-corrected chi connectivity index (χ3v) is 6.22. The quantitative estimate of drug-likeness (QED) is 0.424. The van der Waals surface area contributed by atoms with Gasteiger partial charge in [0.1, 0.15) is 11.6 Å². The van der Waals surface area contributed by atoms with E-state index in [4.69, 9.17) is 0 Å². The van der Waals surface area contributed by atoms with Crippen LogP contribution in [0.2, 0.25) is 0 Å². The van der Waals surface area contributed by atoms with E-state index in [-0.39, 0.29) is 11.6 Å². The zero-order valence-corrected chi connectivity index (χ0v) is 18.7. The number of aromatic nitrogens is 6. The van der Waals surface area contributed by atoms with Crippen molar-refractivity contribution < 1.29 is 4.90 Å². The molecule has 0 aliphatic heterocycles. The number of thioether (sulfide) groups is 1. The zero-order chi connectivity index (χ0) is 21.8. The average molecular weight is 437 g/mol. The minimum absolute atomic E-state index is 0.156. The van der Waals surface area contributed by atoms with E-state index in [1.165, 1.54) is 26.9 Å². The van der Waals surface area contributed by atoms with Gasteiger partial charge in [-0.2, -0.15) is 4.68 Å². The van der Waals surface area contributed by atoms with Gasteiger partial charge in [-0.1, -0.05) is 66.4 Å². The molecule has 0 aliphatic rings. The van der Waals surface area contributed by atoms with Crippen molar-refractivity contribution in [1.29, 1.82) is 0 Å². The number of hydrogen-bond acceptors (Lipinski definition) is 6. The summed E-state index contributed by atoms with van der Waals surface area (Å²) < 4.78 is 3.53. The molecule has 0 aliphatic carbocycles. The Bertz CT molecular complexity index is 1220. The molecule has 160 valence electrons. The maximum absolute atomic E-state index is 12.8. The number of quaternary nitrogens is 1. The normalized spacial score (nSPS) is 12.5. The molecular weight excluding hydrogens is 410 g/mol. The standard InChI is InChI=1S/C22H25N7OS/c1-4-19(27(2)3)20-24-25-22(28(20)14-16-10-6-5-7-11-16)31-15-29-21(30)17-12-8-9-13-18(17)23-26-29/h5-13,19H,4,14-15H2,1-3H3/p+1/t19-/m1/s1. The van der Waals surface area contributed by atoms with Gasteiger partial charge in [0.15, 0.2) is 11.0 Å². The fourth-order valence-electron chi connectivity index (χ4n) is 3.66. The lowest BCUT2D eigenvalue weighted by Crippen LogP contribution is -3.06. The smallest absolute Gasteiger partial charge is 0.278 e. The van der Waals surface area contributed by atoms with Crippen LogP contribution in [0, 0.1) is 0 Å². The van der Waals surface area contributed by atoms with Gasteiger partial charge in [0.2, 0.25) is 0 Å². The monoisotopic (exact) mass is 436 g/mol. The van der Waals surface area contributed by atoms with Crippen molar-refractivity contribution in [2.45, 2.75) is 37.0 Å². The van der Waals surface area contributed by atoms with Gasteiger partial charge in [0.25, 0.3) is 5.56 Å². The average Bonchev–Trinajstić information content (AvgIpc) is 3.16. The lowest BCUT2D eigenvalue weighted by atomic mass is 10.2. The Morgan fingerprint density at radius 3 is 2.48 bits per heavy atom. The van der Waals surface area contributed by atoms with Crippen LogP contribution in [0.4, 0.5) is 0 Å². The van der Waals surface area contributed by atoms with Gasteiger partial charge < -0.3 is 4.90 Å². The van der Waals surface area contributed by atoms with E-state index in [1.54, 1.807) is 12.1 Å². The van der Waals surface area contributed by atoms with Gasteiger partial charge in [-0.25, -0.2) is 0 Å². The van der Waals surface area contributed by atoms with Gasteiger partial charge in [0, 0.05) is 6.42 Å². The highest BCUT2D eigenvalue weighted by Crippen LogP contribution is 2.23. The Labute approximate surface area is 184 Å². The molecule has 0 saturated heterocycles. The number of benzene rings is 2. The van der Waals surface area contributed by atoms with Crippen molar-refractivity contribution >= 4 is 22.7 Å². The molecule has 0 amide bonds. The summed E-state index contributed by atoms with van der Waals surface area (Å²) in [4.78, 5) is 14.1. The van der Waals surface area contributed by atoms with Crippen LogP contribution in [-0.4, -0.2) is 43.9 Å². The van der Waals surface area contributed by atoms with Crippen molar-refractivity contribution in [2.75, 3.05) is 14.1 Å². The van der Waals surface area contributed by atoms with E-state index >= 15 is 0 Å². The second-order valence-electron chi connectivity index (χ2n) is 7.64. The third kappa shape index (κ3) is 4.52. The Balaban J connectivity index is 1.65. The van der Waals surface area contributed by atoms with Gasteiger partial charge in [-0.3, -0.25) is 9.36 Å². The molecule has 4 aromatic rings. The van der Waals surface area contributed by atoms with Crippen molar-refractivity contribution in [3.63, 3.8) is 0 Å². The highest BCUT2D eigenvalue weighted by Gasteiger charge is 2.25. The third-order valence-electron chi connectivity index (χ3n) is 5.29. The maximum Gasteiger partial charge on any atom is 0.278 e. The minimum Gasteiger partial charge on any atom is -0.331 e. The lowest BCUT2D eigenvalue weighted by Gasteiger charge is -2.20. The fourth-order valence-corrected chi connectivity index (χ4v) is 4.47. The second-order valence-corrected chi connectivity index (χ2v) is 8.55. The Morgan fingerprint density at radius 2 is 1.74 bits per heavy atom. The summed E-state index contributed by atoms with van der Waals surface area (Å²) in [7, 11) is 4.26. The fraction of sp³-hybridized carbons (Fsp3) is 0.318. The number of hydrogen-bond donors (Lipinski definition) is 1. The lowest BCUT2D eigenvalue weighted by molar-refractivity contribution is -0.893.